The van der Waals surface area contributed by atoms with E-state index < -0.39 is 0 Å². The number of ether oxygens (including phenoxy) is 2. The molecule has 1 aliphatic heterocycles. The summed E-state index contributed by atoms with van der Waals surface area (Å²) < 4.78 is 12.0. The van der Waals surface area contributed by atoms with Gasteiger partial charge in [-0.3, -0.25) is 4.90 Å². The molecule has 0 N–H and O–H groups in total. The minimum Gasteiger partial charge on any atom is -0.493 e. The molecule has 2 aromatic rings. The number of hydrogen-bond donors (Lipinski definition) is 0. The van der Waals surface area contributed by atoms with Crippen molar-refractivity contribution in [3.8, 4) is 11.5 Å². The molecule has 0 bridgehead atoms. The molecule has 0 saturated carbocycles. The maximum absolute atomic E-state index is 5.46. The first-order valence-corrected chi connectivity index (χ1v) is 8.71. The summed E-state index contributed by atoms with van der Waals surface area (Å²) in [4.78, 5) is 2.54. The normalized spacial score (nSPS) is 18.1. The Morgan fingerprint density at radius 3 is 2.61 bits per heavy atom. The SMILES string of the molecule is COc1ccc([C@@H]2CCCN2Cc2ccccc2Br)cc1OC. The van der Waals surface area contributed by atoms with Gasteiger partial charge in [0.2, 0.25) is 0 Å². The lowest BCUT2D eigenvalue weighted by atomic mass is 10.0. The standard InChI is InChI=1S/C19H22BrNO2/c1-22-18-10-9-14(12-19(18)23-2)17-8-5-11-21(17)13-15-6-3-4-7-16(15)20/h3-4,6-7,9-10,12,17H,5,8,11,13H2,1-2H3/t17-/m0/s1. The Bertz CT molecular complexity index is 674. The topological polar surface area (TPSA) is 21.7 Å². The summed E-state index contributed by atoms with van der Waals surface area (Å²) >= 11 is 3.66. The zero-order chi connectivity index (χ0) is 16.2. The molecular weight excluding hydrogens is 354 g/mol. The second-order valence-corrected chi connectivity index (χ2v) is 6.69. The summed E-state index contributed by atoms with van der Waals surface area (Å²) in [5.41, 5.74) is 2.63. The summed E-state index contributed by atoms with van der Waals surface area (Å²) in [6, 6.07) is 15.2. The first kappa shape index (κ1) is 16.3. The number of benzene rings is 2. The summed E-state index contributed by atoms with van der Waals surface area (Å²) in [6.07, 6.45) is 2.41. The number of likely N-dealkylation sites (tertiary alicyclic amines) is 1. The maximum atomic E-state index is 5.46. The van der Waals surface area contributed by atoms with E-state index in [4.69, 9.17) is 9.47 Å². The Morgan fingerprint density at radius 1 is 1.09 bits per heavy atom. The van der Waals surface area contributed by atoms with Crippen molar-refractivity contribution in [1.29, 1.82) is 0 Å². The third kappa shape index (κ3) is 3.54. The van der Waals surface area contributed by atoms with Gasteiger partial charge in [0.25, 0.3) is 0 Å². The van der Waals surface area contributed by atoms with Crippen LogP contribution in [-0.2, 0) is 6.54 Å². The van der Waals surface area contributed by atoms with E-state index in [2.05, 4.69) is 57.2 Å². The summed E-state index contributed by atoms with van der Waals surface area (Å²) in [6.45, 7) is 2.08. The van der Waals surface area contributed by atoms with Crippen molar-refractivity contribution in [2.45, 2.75) is 25.4 Å². The number of rotatable bonds is 5. The predicted octanol–water partition coefficient (Wildman–Crippen LogP) is 4.80. The Kier molecular flexibility index (Phi) is 5.23. The van der Waals surface area contributed by atoms with Crippen molar-refractivity contribution in [1.82, 2.24) is 4.90 Å². The van der Waals surface area contributed by atoms with Gasteiger partial charge in [0.1, 0.15) is 0 Å². The fraction of sp³-hybridized carbons (Fsp3) is 0.368. The Hall–Kier alpha value is -1.52. The van der Waals surface area contributed by atoms with Gasteiger partial charge in [-0.15, -0.1) is 0 Å². The van der Waals surface area contributed by atoms with Gasteiger partial charge in [-0.2, -0.15) is 0 Å². The lowest BCUT2D eigenvalue weighted by Gasteiger charge is -2.26. The molecule has 23 heavy (non-hydrogen) atoms. The van der Waals surface area contributed by atoms with Crippen LogP contribution in [0.3, 0.4) is 0 Å². The molecule has 2 aromatic carbocycles. The number of halogens is 1. The highest BCUT2D eigenvalue weighted by molar-refractivity contribution is 9.10. The molecule has 1 atom stereocenters. The lowest BCUT2D eigenvalue weighted by molar-refractivity contribution is 0.247. The quantitative estimate of drug-likeness (QED) is 0.748. The van der Waals surface area contributed by atoms with Gasteiger partial charge in [-0.25, -0.2) is 0 Å². The molecule has 3 nitrogen and oxygen atoms in total. The minimum absolute atomic E-state index is 0.432. The van der Waals surface area contributed by atoms with Gasteiger partial charge in [-0.1, -0.05) is 40.2 Å². The molecule has 1 aliphatic rings. The van der Waals surface area contributed by atoms with Crippen LogP contribution >= 0.6 is 15.9 Å². The van der Waals surface area contributed by atoms with Crippen LogP contribution in [0.5, 0.6) is 11.5 Å². The van der Waals surface area contributed by atoms with Gasteiger partial charge in [0, 0.05) is 17.1 Å². The van der Waals surface area contributed by atoms with Crippen LogP contribution in [0.25, 0.3) is 0 Å². The first-order valence-electron chi connectivity index (χ1n) is 7.92. The van der Waals surface area contributed by atoms with E-state index >= 15 is 0 Å². The molecule has 0 aromatic heterocycles. The van der Waals surface area contributed by atoms with E-state index in [0.717, 1.165) is 24.6 Å². The van der Waals surface area contributed by atoms with Crippen LogP contribution in [0, 0.1) is 0 Å². The molecular formula is C19H22BrNO2. The molecule has 1 heterocycles. The number of methoxy groups -OCH3 is 2. The van der Waals surface area contributed by atoms with E-state index in [1.807, 2.05) is 6.07 Å². The van der Waals surface area contributed by atoms with Gasteiger partial charge in [-0.05, 0) is 48.7 Å². The largest absolute Gasteiger partial charge is 0.493 e. The Morgan fingerprint density at radius 2 is 1.87 bits per heavy atom. The van der Waals surface area contributed by atoms with Gasteiger partial charge >= 0.3 is 0 Å². The number of hydrogen-bond acceptors (Lipinski definition) is 3. The highest BCUT2D eigenvalue weighted by Gasteiger charge is 2.27. The van der Waals surface area contributed by atoms with E-state index in [0.29, 0.717) is 6.04 Å². The average Bonchev–Trinajstić information content (AvgIpc) is 3.04. The number of nitrogens with zero attached hydrogens (tertiary/aromatic N) is 1. The van der Waals surface area contributed by atoms with Crippen molar-refractivity contribution >= 4 is 15.9 Å². The fourth-order valence-corrected chi connectivity index (χ4v) is 3.71. The van der Waals surface area contributed by atoms with E-state index in [1.54, 1.807) is 14.2 Å². The van der Waals surface area contributed by atoms with Crippen LogP contribution in [0.4, 0.5) is 0 Å². The predicted molar refractivity (Wildman–Crippen MR) is 96.1 cm³/mol. The van der Waals surface area contributed by atoms with Crippen molar-refractivity contribution in [3.05, 3.63) is 58.1 Å². The smallest absolute Gasteiger partial charge is 0.161 e. The van der Waals surface area contributed by atoms with Crippen LogP contribution in [-0.4, -0.2) is 25.7 Å². The molecule has 0 aliphatic carbocycles. The summed E-state index contributed by atoms with van der Waals surface area (Å²) in [7, 11) is 3.36. The zero-order valence-electron chi connectivity index (χ0n) is 13.6. The van der Waals surface area contributed by atoms with Gasteiger partial charge in [0.05, 0.1) is 14.2 Å². The zero-order valence-corrected chi connectivity index (χ0v) is 15.2. The minimum atomic E-state index is 0.432. The maximum Gasteiger partial charge on any atom is 0.161 e. The second kappa shape index (κ2) is 7.37. The average molecular weight is 376 g/mol. The van der Waals surface area contributed by atoms with Crippen LogP contribution < -0.4 is 9.47 Å². The van der Waals surface area contributed by atoms with Crippen molar-refractivity contribution in [2.24, 2.45) is 0 Å². The molecule has 122 valence electrons. The van der Waals surface area contributed by atoms with Crippen LogP contribution in [0.2, 0.25) is 0 Å². The van der Waals surface area contributed by atoms with Gasteiger partial charge < -0.3 is 9.47 Å². The molecule has 1 saturated heterocycles. The summed E-state index contributed by atoms with van der Waals surface area (Å²) in [5, 5.41) is 0. The molecule has 0 radical (unpaired) electrons. The van der Waals surface area contributed by atoms with E-state index in [9.17, 15) is 0 Å². The lowest BCUT2D eigenvalue weighted by Crippen LogP contribution is -2.23. The third-order valence-electron chi connectivity index (χ3n) is 4.49. The monoisotopic (exact) mass is 375 g/mol. The third-order valence-corrected chi connectivity index (χ3v) is 5.26. The molecule has 0 spiro atoms. The molecule has 0 unspecified atom stereocenters. The van der Waals surface area contributed by atoms with E-state index in [-0.39, 0.29) is 0 Å². The van der Waals surface area contributed by atoms with Crippen molar-refractivity contribution < 1.29 is 9.47 Å². The molecule has 4 heteroatoms. The first-order chi connectivity index (χ1) is 11.2. The molecule has 1 fully saturated rings. The van der Waals surface area contributed by atoms with Crippen molar-refractivity contribution in [2.75, 3.05) is 20.8 Å². The van der Waals surface area contributed by atoms with Crippen LogP contribution in [0.1, 0.15) is 30.0 Å². The Balaban J connectivity index is 1.83. The van der Waals surface area contributed by atoms with Gasteiger partial charge in [0.15, 0.2) is 11.5 Å². The second-order valence-electron chi connectivity index (χ2n) is 5.83. The highest BCUT2D eigenvalue weighted by atomic mass is 79.9. The fourth-order valence-electron chi connectivity index (χ4n) is 3.30. The highest BCUT2D eigenvalue weighted by Crippen LogP contribution is 2.38. The van der Waals surface area contributed by atoms with Crippen LogP contribution in [0.15, 0.2) is 46.9 Å². The van der Waals surface area contributed by atoms with Crippen molar-refractivity contribution in [3.63, 3.8) is 0 Å². The van der Waals surface area contributed by atoms with E-state index in [1.165, 1.54) is 28.4 Å². The Labute approximate surface area is 146 Å². The molecule has 0 amide bonds. The summed E-state index contributed by atoms with van der Waals surface area (Å²) in [5.74, 6) is 1.59. The molecule has 3 rings (SSSR count).